The number of hydrogen-bond donors (Lipinski definition) is 0. The number of aromatic nitrogens is 1. The Morgan fingerprint density at radius 3 is 2.09 bits per heavy atom. The summed E-state index contributed by atoms with van der Waals surface area (Å²) in [6.07, 6.45) is 0.951. The van der Waals surface area contributed by atoms with Crippen molar-refractivity contribution in [1.29, 1.82) is 0 Å². The molecule has 0 fully saturated rings. The number of halogens is 5. The summed E-state index contributed by atoms with van der Waals surface area (Å²) in [5, 5.41) is 0.258. The van der Waals surface area contributed by atoms with Gasteiger partial charge in [-0.3, -0.25) is 0 Å². The predicted octanol–water partition coefficient (Wildman–Crippen LogP) is 3.07. The van der Waals surface area contributed by atoms with E-state index in [1.54, 1.807) is 19.1 Å². The maximum Gasteiger partial charge on any atom is 0.608 e. The van der Waals surface area contributed by atoms with Crippen molar-refractivity contribution >= 4 is 11.0 Å². The summed E-state index contributed by atoms with van der Waals surface area (Å²) >= 11 is 0. The number of fused-ring (bicyclic) bond motifs is 1. The van der Waals surface area contributed by atoms with Crippen LogP contribution < -0.4 is 10.3 Å². The van der Waals surface area contributed by atoms with Crippen LogP contribution in [0.4, 0.5) is 22.0 Å². The van der Waals surface area contributed by atoms with Crippen LogP contribution in [0.25, 0.3) is 16.7 Å². The second-order valence-electron chi connectivity index (χ2n) is 4.78. The smallest absolute Gasteiger partial charge is 0.371 e. The van der Waals surface area contributed by atoms with E-state index in [0.717, 1.165) is 6.20 Å². The first-order chi connectivity index (χ1) is 10.8. The standard InChI is InChI=1S/C15H7F5NO2/c1-6-3-2-4-7-5-21(15(22)23-14(6)7)13-11(19)9(17)8(16)10(18)12(13)20/h2-5H,1H3/q+1. The van der Waals surface area contributed by atoms with Gasteiger partial charge in [-0.05, 0) is 18.6 Å². The number of benzene rings is 2. The Kier molecular flexibility index (Phi) is 3.39. The SMILES string of the molecule is Cc1cccc2c[n+](-c3c(F)c(F)c(F)c(F)c3F)c(=O)oc12. The zero-order valence-electron chi connectivity index (χ0n) is 11.5. The highest BCUT2D eigenvalue weighted by Crippen LogP contribution is 2.23. The van der Waals surface area contributed by atoms with Crippen molar-refractivity contribution < 1.29 is 30.9 Å². The first-order valence-electron chi connectivity index (χ1n) is 6.30. The third-order valence-corrected chi connectivity index (χ3v) is 3.32. The lowest BCUT2D eigenvalue weighted by Gasteiger charge is -2.03. The average molecular weight is 328 g/mol. The molecule has 2 aromatic carbocycles. The normalized spacial score (nSPS) is 11.2. The van der Waals surface area contributed by atoms with Crippen molar-refractivity contribution in [1.82, 2.24) is 0 Å². The number of para-hydroxylation sites is 1. The van der Waals surface area contributed by atoms with Gasteiger partial charge in [-0.2, -0.15) is 13.6 Å². The molecule has 0 saturated heterocycles. The molecule has 0 radical (unpaired) electrons. The van der Waals surface area contributed by atoms with E-state index in [9.17, 15) is 26.7 Å². The first kappa shape index (κ1) is 15.1. The van der Waals surface area contributed by atoms with Gasteiger partial charge >= 0.3 is 5.76 Å². The molecule has 118 valence electrons. The van der Waals surface area contributed by atoms with Crippen molar-refractivity contribution in [2.75, 3.05) is 0 Å². The largest absolute Gasteiger partial charge is 0.608 e. The lowest BCUT2D eigenvalue weighted by atomic mass is 10.2. The Balaban J connectivity index is 2.43. The monoisotopic (exact) mass is 328 g/mol. The summed E-state index contributed by atoms with van der Waals surface area (Å²) in [6.45, 7) is 1.63. The molecule has 0 unspecified atom stereocenters. The lowest BCUT2D eigenvalue weighted by Crippen LogP contribution is -2.48. The van der Waals surface area contributed by atoms with E-state index in [2.05, 4.69) is 0 Å². The zero-order valence-corrected chi connectivity index (χ0v) is 11.5. The van der Waals surface area contributed by atoms with Gasteiger partial charge in [0.25, 0.3) is 5.69 Å². The van der Waals surface area contributed by atoms with Gasteiger partial charge in [0, 0.05) is 0 Å². The fourth-order valence-electron chi connectivity index (χ4n) is 2.21. The van der Waals surface area contributed by atoms with Crippen molar-refractivity contribution in [2.45, 2.75) is 6.92 Å². The Hall–Kier alpha value is -2.77. The maximum atomic E-state index is 13.8. The van der Waals surface area contributed by atoms with E-state index in [4.69, 9.17) is 4.42 Å². The topological polar surface area (TPSA) is 34.1 Å². The van der Waals surface area contributed by atoms with Gasteiger partial charge < -0.3 is 4.42 Å². The second-order valence-corrected chi connectivity index (χ2v) is 4.78. The highest BCUT2D eigenvalue weighted by molar-refractivity contribution is 5.77. The molecule has 1 aromatic heterocycles. The van der Waals surface area contributed by atoms with Crippen LogP contribution >= 0.6 is 0 Å². The number of nitrogens with zero attached hydrogens (tertiary/aromatic N) is 1. The van der Waals surface area contributed by atoms with E-state index in [1.165, 1.54) is 6.07 Å². The van der Waals surface area contributed by atoms with E-state index < -0.39 is 40.5 Å². The van der Waals surface area contributed by atoms with Crippen LogP contribution in [-0.4, -0.2) is 0 Å². The van der Waals surface area contributed by atoms with Crippen molar-refractivity contribution in [3.05, 3.63) is 69.6 Å². The van der Waals surface area contributed by atoms with Gasteiger partial charge in [-0.1, -0.05) is 16.7 Å². The van der Waals surface area contributed by atoms with Gasteiger partial charge in [-0.15, -0.1) is 0 Å². The van der Waals surface area contributed by atoms with E-state index in [1.807, 2.05) is 0 Å². The molecular formula is C15H7F5NO2+. The summed E-state index contributed by atoms with van der Waals surface area (Å²) in [5.41, 5.74) is -0.666. The average Bonchev–Trinajstić information content (AvgIpc) is 2.53. The highest BCUT2D eigenvalue weighted by atomic mass is 19.2. The van der Waals surface area contributed by atoms with E-state index in [0.29, 0.717) is 5.56 Å². The summed E-state index contributed by atoms with van der Waals surface area (Å²) in [7, 11) is 0. The molecule has 0 amide bonds. The van der Waals surface area contributed by atoms with Crippen molar-refractivity contribution in [3.8, 4) is 5.69 Å². The van der Waals surface area contributed by atoms with E-state index >= 15 is 0 Å². The highest BCUT2D eigenvalue weighted by Gasteiger charge is 2.34. The van der Waals surface area contributed by atoms with E-state index in [-0.39, 0.29) is 15.5 Å². The third-order valence-electron chi connectivity index (χ3n) is 3.32. The minimum Gasteiger partial charge on any atom is -0.371 e. The van der Waals surface area contributed by atoms with Gasteiger partial charge in [-0.25, -0.2) is 13.2 Å². The molecule has 0 bridgehead atoms. The molecule has 3 rings (SSSR count). The fourth-order valence-corrected chi connectivity index (χ4v) is 2.21. The molecule has 8 heteroatoms. The minimum absolute atomic E-state index is 0.151. The molecule has 0 spiro atoms. The van der Waals surface area contributed by atoms with Gasteiger partial charge in [0.05, 0.1) is 5.39 Å². The maximum absolute atomic E-state index is 13.8. The van der Waals surface area contributed by atoms with Crippen LogP contribution in [0.2, 0.25) is 0 Å². The number of hydrogen-bond acceptors (Lipinski definition) is 2. The Labute approximate surface area is 125 Å². The zero-order chi connectivity index (χ0) is 16.9. The first-order valence-corrected chi connectivity index (χ1v) is 6.30. The molecule has 0 aliphatic carbocycles. The second kappa shape index (κ2) is 5.15. The van der Waals surface area contributed by atoms with Crippen LogP contribution in [0, 0.1) is 36.0 Å². The summed E-state index contributed by atoms with van der Waals surface area (Å²) in [5.74, 6) is -12.1. The van der Waals surface area contributed by atoms with Crippen LogP contribution in [0.3, 0.4) is 0 Å². The summed E-state index contributed by atoms with van der Waals surface area (Å²) in [4.78, 5) is 11.9. The predicted molar refractivity (Wildman–Crippen MR) is 68.5 cm³/mol. The molecule has 0 atom stereocenters. The molecule has 0 aliphatic rings. The molecule has 3 aromatic rings. The van der Waals surface area contributed by atoms with Crippen molar-refractivity contribution in [2.24, 2.45) is 0 Å². The third kappa shape index (κ3) is 2.18. The molecule has 0 N–H and O–H groups in total. The summed E-state index contributed by atoms with van der Waals surface area (Å²) < 4.78 is 72.5. The minimum atomic E-state index is -2.30. The Morgan fingerprint density at radius 1 is 0.913 bits per heavy atom. The van der Waals surface area contributed by atoms with Crippen LogP contribution in [-0.2, 0) is 0 Å². The molecule has 3 nitrogen and oxygen atoms in total. The van der Waals surface area contributed by atoms with Crippen molar-refractivity contribution in [3.63, 3.8) is 0 Å². The Bertz CT molecular complexity index is 984. The molecular weight excluding hydrogens is 321 g/mol. The molecule has 1 heterocycles. The molecule has 23 heavy (non-hydrogen) atoms. The lowest BCUT2D eigenvalue weighted by molar-refractivity contribution is -0.627. The van der Waals surface area contributed by atoms with Crippen LogP contribution in [0.1, 0.15) is 5.56 Å². The van der Waals surface area contributed by atoms with Gasteiger partial charge in [0.15, 0.2) is 11.8 Å². The fraction of sp³-hybridized carbons (Fsp3) is 0.0667. The number of aryl methyl sites for hydroxylation is 1. The van der Waals surface area contributed by atoms with Crippen LogP contribution in [0.5, 0.6) is 0 Å². The molecule has 0 aliphatic heterocycles. The Morgan fingerprint density at radius 2 is 1.48 bits per heavy atom. The molecule has 0 saturated carbocycles. The van der Waals surface area contributed by atoms with Gasteiger partial charge in [0.2, 0.25) is 29.1 Å². The van der Waals surface area contributed by atoms with Crippen LogP contribution in [0.15, 0.2) is 33.6 Å². The quantitative estimate of drug-likeness (QED) is 0.298. The summed E-state index contributed by atoms with van der Waals surface area (Å²) in [6, 6.07) is 4.68. The van der Waals surface area contributed by atoms with Gasteiger partial charge in [0.1, 0.15) is 0 Å². The number of rotatable bonds is 1.